The Morgan fingerprint density at radius 3 is 2.71 bits per heavy atom. The first-order valence-corrected chi connectivity index (χ1v) is 6.15. The fourth-order valence-electron chi connectivity index (χ4n) is 2.05. The molecule has 5 nitrogen and oxygen atoms in total. The minimum absolute atomic E-state index is 0.0899. The van der Waals surface area contributed by atoms with Crippen LogP contribution in [-0.2, 0) is 6.54 Å². The number of halogens is 1. The monoisotopic (exact) mass is 285 g/mol. The van der Waals surface area contributed by atoms with E-state index in [2.05, 4.69) is 0 Å². The summed E-state index contributed by atoms with van der Waals surface area (Å²) >= 11 is 0. The Morgan fingerprint density at radius 1 is 1.33 bits per heavy atom. The molecule has 0 aromatic heterocycles. The van der Waals surface area contributed by atoms with Crippen LogP contribution in [0.1, 0.15) is 11.1 Å². The number of hydrogen-bond donors (Lipinski definition) is 0. The molecule has 2 aromatic rings. The number of hydrogen-bond acceptors (Lipinski definition) is 4. The predicted octanol–water partition coefficient (Wildman–Crippen LogP) is 3.24. The van der Waals surface area contributed by atoms with Gasteiger partial charge in [-0.1, -0.05) is 12.1 Å². The fraction of sp³-hybridized carbons (Fsp3) is 0.133. The molecule has 6 heteroatoms. The lowest BCUT2D eigenvalue weighted by Crippen LogP contribution is -2.18. The second-order valence-electron chi connectivity index (χ2n) is 4.56. The first-order chi connectivity index (χ1) is 10.0. The van der Waals surface area contributed by atoms with Gasteiger partial charge in [0.15, 0.2) is 0 Å². The van der Waals surface area contributed by atoms with Gasteiger partial charge in [-0.25, -0.2) is 4.39 Å². The fourth-order valence-corrected chi connectivity index (χ4v) is 2.05. The third-order valence-corrected chi connectivity index (χ3v) is 3.02. The van der Waals surface area contributed by atoms with Gasteiger partial charge in [-0.3, -0.25) is 10.1 Å². The van der Waals surface area contributed by atoms with Crippen molar-refractivity contribution in [2.45, 2.75) is 6.54 Å². The van der Waals surface area contributed by atoms with E-state index >= 15 is 0 Å². The van der Waals surface area contributed by atoms with E-state index in [0.717, 1.165) is 0 Å². The summed E-state index contributed by atoms with van der Waals surface area (Å²) in [7, 11) is 1.66. The van der Waals surface area contributed by atoms with E-state index < -0.39 is 4.92 Å². The molecule has 0 unspecified atom stereocenters. The van der Waals surface area contributed by atoms with Crippen molar-refractivity contribution in [3.05, 3.63) is 69.5 Å². The summed E-state index contributed by atoms with van der Waals surface area (Å²) in [6.45, 7) is 0.299. The number of rotatable bonds is 4. The molecule has 21 heavy (non-hydrogen) atoms. The first kappa shape index (κ1) is 14.5. The molecule has 2 rings (SSSR count). The highest BCUT2D eigenvalue weighted by atomic mass is 19.1. The summed E-state index contributed by atoms with van der Waals surface area (Å²) < 4.78 is 13.2. The van der Waals surface area contributed by atoms with Gasteiger partial charge in [-0.15, -0.1) is 0 Å². The largest absolute Gasteiger partial charge is 0.365 e. The molecular formula is C15H12FN3O2. The van der Waals surface area contributed by atoms with E-state index in [9.17, 15) is 14.5 Å². The number of nitriles is 1. The van der Waals surface area contributed by atoms with Crippen molar-refractivity contribution in [3.63, 3.8) is 0 Å². The van der Waals surface area contributed by atoms with E-state index in [-0.39, 0.29) is 11.5 Å². The van der Waals surface area contributed by atoms with E-state index in [4.69, 9.17) is 5.26 Å². The average molecular weight is 285 g/mol. The van der Waals surface area contributed by atoms with Crippen molar-refractivity contribution in [1.82, 2.24) is 0 Å². The lowest BCUT2D eigenvalue weighted by molar-refractivity contribution is -0.384. The maximum absolute atomic E-state index is 13.2. The molecule has 0 bridgehead atoms. The van der Waals surface area contributed by atoms with Crippen molar-refractivity contribution in [3.8, 4) is 6.07 Å². The van der Waals surface area contributed by atoms with E-state index in [1.54, 1.807) is 24.1 Å². The van der Waals surface area contributed by atoms with Crippen LogP contribution in [0.3, 0.4) is 0 Å². The van der Waals surface area contributed by atoms with Crippen molar-refractivity contribution in [2.75, 3.05) is 11.9 Å². The van der Waals surface area contributed by atoms with Gasteiger partial charge in [0.2, 0.25) is 0 Å². The Morgan fingerprint density at radius 2 is 2.10 bits per heavy atom. The predicted molar refractivity (Wildman–Crippen MR) is 76.3 cm³/mol. The first-order valence-electron chi connectivity index (χ1n) is 6.15. The van der Waals surface area contributed by atoms with Crippen molar-refractivity contribution in [2.24, 2.45) is 0 Å². The van der Waals surface area contributed by atoms with Crippen molar-refractivity contribution in [1.29, 1.82) is 5.26 Å². The number of nitro groups is 1. The summed E-state index contributed by atoms with van der Waals surface area (Å²) in [4.78, 5) is 12.2. The van der Waals surface area contributed by atoms with Gasteiger partial charge in [-0.05, 0) is 29.8 Å². The quantitative estimate of drug-likeness (QED) is 0.638. The molecule has 0 aliphatic carbocycles. The van der Waals surface area contributed by atoms with Gasteiger partial charge in [0, 0.05) is 19.7 Å². The molecular weight excluding hydrogens is 273 g/mol. The van der Waals surface area contributed by atoms with Gasteiger partial charge >= 0.3 is 0 Å². The molecule has 0 amide bonds. The van der Waals surface area contributed by atoms with Crippen LogP contribution in [0.4, 0.5) is 15.8 Å². The van der Waals surface area contributed by atoms with Crippen LogP contribution < -0.4 is 4.90 Å². The number of anilines is 1. The number of nitrogens with zero attached hydrogens (tertiary/aromatic N) is 3. The summed E-state index contributed by atoms with van der Waals surface area (Å²) in [5, 5.41) is 20.0. The Balaban J connectivity index is 2.35. The van der Waals surface area contributed by atoms with Crippen LogP contribution in [-0.4, -0.2) is 12.0 Å². The molecule has 0 aliphatic rings. The van der Waals surface area contributed by atoms with Gasteiger partial charge in [0.05, 0.1) is 16.6 Å². The highest BCUT2D eigenvalue weighted by Gasteiger charge is 2.18. The van der Waals surface area contributed by atoms with Crippen LogP contribution in [0.25, 0.3) is 0 Å². The Kier molecular flexibility index (Phi) is 4.14. The SMILES string of the molecule is CN(Cc1cccc(F)c1)c1cc(C#N)ccc1[N+](=O)[O-]. The number of benzene rings is 2. The molecule has 0 N–H and O–H groups in total. The van der Waals surface area contributed by atoms with Crippen molar-refractivity contribution >= 4 is 11.4 Å². The lowest BCUT2D eigenvalue weighted by Gasteiger charge is -2.19. The third-order valence-electron chi connectivity index (χ3n) is 3.02. The van der Waals surface area contributed by atoms with E-state index in [0.29, 0.717) is 23.4 Å². The summed E-state index contributed by atoms with van der Waals surface area (Å²) in [5.74, 6) is -0.360. The van der Waals surface area contributed by atoms with Gasteiger partial charge in [0.25, 0.3) is 5.69 Å². The average Bonchev–Trinajstić information content (AvgIpc) is 2.46. The Bertz CT molecular complexity index is 725. The summed E-state index contributed by atoms with van der Waals surface area (Å²) in [6, 6.07) is 12.1. The standard InChI is InChI=1S/C15H12FN3O2/c1-18(10-12-3-2-4-13(16)7-12)15-8-11(9-17)5-6-14(15)19(20)21/h2-8H,10H2,1H3. The molecule has 2 aromatic carbocycles. The Labute approximate surface area is 121 Å². The Hall–Kier alpha value is -2.94. The summed E-state index contributed by atoms with van der Waals surface area (Å²) in [6.07, 6.45) is 0. The molecule has 0 radical (unpaired) electrons. The van der Waals surface area contributed by atoms with Gasteiger partial charge < -0.3 is 4.90 Å². The zero-order valence-electron chi connectivity index (χ0n) is 11.3. The molecule has 0 atom stereocenters. The third kappa shape index (κ3) is 3.34. The van der Waals surface area contributed by atoms with Crippen LogP contribution in [0.5, 0.6) is 0 Å². The van der Waals surface area contributed by atoms with E-state index in [1.165, 1.54) is 30.3 Å². The smallest absolute Gasteiger partial charge is 0.292 e. The topological polar surface area (TPSA) is 70.2 Å². The molecule has 0 saturated carbocycles. The minimum atomic E-state index is -0.501. The molecule has 0 heterocycles. The lowest BCUT2D eigenvalue weighted by atomic mass is 10.1. The van der Waals surface area contributed by atoms with Gasteiger partial charge in [-0.2, -0.15) is 5.26 Å². The molecule has 0 spiro atoms. The second-order valence-corrected chi connectivity index (χ2v) is 4.56. The summed E-state index contributed by atoms with van der Waals surface area (Å²) in [5.41, 5.74) is 1.26. The zero-order valence-corrected chi connectivity index (χ0v) is 11.3. The maximum atomic E-state index is 13.2. The van der Waals surface area contributed by atoms with Crippen LogP contribution in [0.15, 0.2) is 42.5 Å². The molecule has 0 fully saturated rings. The van der Waals surface area contributed by atoms with Crippen molar-refractivity contribution < 1.29 is 9.31 Å². The van der Waals surface area contributed by atoms with E-state index in [1.807, 2.05) is 6.07 Å². The highest BCUT2D eigenvalue weighted by molar-refractivity contribution is 5.65. The maximum Gasteiger partial charge on any atom is 0.292 e. The normalized spacial score (nSPS) is 9.95. The molecule has 106 valence electrons. The minimum Gasteiger partial charge on any atom is -0.365 e. The van der Waals surface area contributed by atoms with Gasteiger partial charge in [0.1, 0.15) is 11.5 Å². The molecule has 0 saturated heterocycles. The second kappa shape index (κ2) is 6.01. The molecule has 0 aliphatic heterocycles. The van der Waals surface area contributed by atoms with Crippen LogP contribution >= 0.6 is 0 Å². The zero-order chi connectivity index (χ0) is 15.4. The number of nitro benzene ring substituents is 1. The van der Waals surface area contributed by atoms with Crippen LogP contribution in [0, 0.1) is 27.3 Å². The highest BCUT2D eigenvalue weighted by Crippen LogP contribution is 2.29. The van der Waals surface area contributed by atoms with Crippen LogP contribution in [0.2, 0.25) is 0 Å².